The number of carbonyl (C=O) groups is 2. The van der Waals surface area contributed by atoms with Crippen molar-refractivity contribution in [1.82, 2.24) is 15.1 Å². The Kier molecular flexibility index (Phi) is 6.15. The summed E-state index contributed by atoms with van der Waals surface area (Å²) in [4.78, 5) is 32.1. The Balaban J connectivity index is 1.54. The number of aryl methyl sites for hydroxylation is 1. The van der Waals surface area contributed by atoms with Gasteiger partial charge in [0.25, 0.3) is 0 Å². The molecule has 0 saturated heterocycles. The molecule has 8 nitrogen and oxygen atoms in total. The van der Waals surface area contributed by atoms with Gasteiger partial charge < -0.3 is 14.6 Å². The van der Waals surface area contributed by atoms with E-state index in [9.17, 15) is 9.59 Å². The Hall–Kier alpha value is -3.07. The molecule has 0 unspecified atom stereocenters. The SMILES string of the molecule is COC(=O)c1cnc(NC(=O)CCc2nc(-c3ccc(C(C)C)cc3)no2)s1. The molecule has 0 fully saturated rings. The molecule has 28 heavy (non-hydrogen) atoms. The average Bonchev–Trinajstić information content (AvgIpc) is 3.35. The lowest BCUT2D eigenvalue weighted by Crippen LogP contribution is -2.12. The molecule has 1 aromatic carbocycles. The molecule has 0 spiro atoms. The predicted octanol–water partition coefficient (Wildman–Crippen LogP) is 3.67. The molecule has 0 bridgehead atoms. The van der Waals surface area contributed by atoms with Crippen LogP contribution in [0, 0.1) is 0 Å². The molecule has 1 amide bonds. The third-order valence-corrected chi connectivity index (χ3v) is 4.90. The van der Waals surface area contributed by atoms with Gasteiger partial charge in [0.05, 0.1) is 13.3 Å². The predicted molar refractivity (Wildman–Crippen MR) is 104 cm³/mol. The number of methoxy groups -OCH3 is 1. The van der Waals surface area contributed by atoms with Crippen molar-refractivity contribution in [3.8, 4) is 11.4 Å². The summed E-state index contributed by atoms with van der Waals surface area (Å²) >= 11 is 1.05. The minimum Gasteiger partial charge on any atom is -0.465 e. The molecule has 2 aromatic heterocycles. The summed E-state index contributed by atoms with van der Waals surface area (Å²) in [6, 6.07) is 8.00. The molecule has 9 heteroatoms. The molecular formula is C19H20N4O4S. The molecule has 3 rings (SSSR count). The number of rotatable bonds is 7. The molecule has 0 radical (unpaired) electrons. The van der Waals surface area contributed by atoms with Gasteiger partial charge >= 0.3 is 5.97 Å². The third-order valence-electron chi connectivity index (χ3n) is 4.01. The Bertz CT molecular complexity index is 962. The van der Waals surface area contributed by atoms with E-state index in [-0.39, 0.29) is 12.3 Å². The normalized spacial score (nSPS) is 10.9. The maximum atomic E-state index is 12.1. The number of amides is 1. The van der Waals surface area contributed by atoms with E-state index in [1.54, 1.807) is 0 Å². The van der Waals surface area contributed by atoms with Crippen molar-refractivity contribution >= 4 is 28.3 Å². The lowest BCUT2D eigenvalue weighted by Gasteiger charge is -2.04. The lowest BCUT2D eigenvalue weighted by molar-refractivity contribution is -0.116. The van der Waals surface area contributed by atoms with Crippen molar-refractivity contribution < 1.29 is 18.8 Å². The number of ether oxygens (including phenoxy) is 1. The molecule has 146 valence electrons. The Labute approximate surface area is 165 Å². The van der Waals surface area contributed by atoms with E-state index in [0.717, 1.165) is 16.9 Å². The number of thiazole rings is 1. The summed E-state index contributed by atoms with van der Waals surface area (Å²) < 4.78 is 9.84. The van der Waals surface area contributed by atoms with Gasteiger partial charge in [0.15, 0.2) is 5.13 Å². The maximum absolute atomic E-state index is 12.1. The summed E-state index contributed by atoms with van der Waals surface area (Å²) in [6.07, 6.45) is 1.82. The number of aromatic nitrogens is 3. The zero-order chi connectivity index (χ0) is 20.1. The smallest absolute Gasteiger partial charge is 0.349 e. The van der Waals surface area contributed by atoms with Gasteiger partial charge in [-0.25, -0.2) is 9.78 Å². The van der Waals surface area contributed by atoms with E-state index in [1.165, 1.54) is 18.9 Å². The number of nitrogens with one attached hydrogen (secondary N) is 1. The first-order valence-corrected chi connectivity index (χ1v) is 9.55. The third kappa shape index (κ3) is 4.80. The number of hydrogen-bond donors (Lipinski definition) is 1. The summed E-state index contributed by atoms with van der Waals surface area (Å²) in [7, 11) is 1.29. The number of benzene rings is 1. The second-order valence-corrected chi connectivity index (χ2v) is 7.39. The fourth-order valence-electron chi connectivity index (χ4n) is 2.42. The van der Waals surface area contributed by atoms with Gasteiger partial charge in [0.1, 0.15) is 4.88 Å². The Morgan fingerprint density at radius 2 is 2.00 bits per heavy atom. The van der Waals surface area contributed by atoms with E-state index in [1.807, 2.05) is 24.3 Å². The highest BCUT2D eigenvalue weighted by Crippen LogP contribution is 2.21. The molecule has 1 N–H and O–H groups in total. The van der Waals surface area contributed by atoms with Crippen molar-refractivity contribution in [1.29, 1.82) is 0 Å². The van der Waals surface area contributed by atoms with Crippen LogP contribution in [0.2, 0.25) is 0 Å². The molecule has 3 aromatic rings. The number of nitrogens with zero attached hydrogens (tertiary/aromatic N) is 3. The van der Waals surface area contributed by atoms with Crippen LogP contribution in [0.3, 0.4) is 0 Å². The minimum atomic E-state index is -0.488. The van der Waals surface area contributed by atoms with Gasteiger partial charge in [-0.1, -0.05) is 54.6 Å². The Morgan fingerprint density at radius 1 is 1.25 bits per heavy atom. The quantitative estimate of drug-likeness (QED) is 0.603. The van der Waals surface area contributed by atoms with Crippen molar-refractivity contribution in [3.05, 3.63) is 46.8 Å². The van der Waals surface area contributed by atoms with Gasteiger partial charge in [0.2, 0.25) is 17.6 Å². The van der Waals surface area contributed by atoms with Crippen LogP contribution in [-0.2, 0) is 16.0 Å². The molecule has 0 atom stereocenters. The van der Waals surface area contributed by atoms with Crippen LogP contribution in [0.4, 0.5) is 5.13 Å². The van der Waals surface area contributed by atoms with Gasteiger partial charge in [-0.05, 0) is 11.5 Å². The first kappa shape index (κ1) is 19.7. The largest absolute Gasteiger partial charge is 0.465 e. The van der Waals surface area contributed by atoms with Crippen LogP contribution in [0.15, 0.2) is 35.0 Å². The lowest BCUT2D eigenvalue weighted by atomic mass is 10.0. The van der Waals surface area contributed by atoms with Gasteiger partial charge in [-0.3, -0.25) is 4.79 Å². The second kappa shape index (κ2) is 8.75. The summed E-state index contributed by atoms with van der Waals surface area (Å²) in [5.74, 6) is 0.584. The fraction of sp³-hybridized carbons (Fsp3) is 0.316. The van der Waals surface area contributed by atoms with E-state index in [0.29, 0.717) is 34.1 Å². The molecule has 2 heterocycles. The van der Waals surface area contributed by atoms with Crippen molar-refractivity contribution in [2.24, 2.45) is 0 Å². The molecule has 0 saturated carbocycles. The molecule has 0 aliphatic heterocycles. The van der Waals surface area contributed by atoms with Crippen LogP contribution in [-0.4, -0.2) is 34.1 Å². The Morgan fingerprint density at radius 3 is 2.68 bits per heavy atom. The highest BCUT2D eigenvalue weighted by atomic mass is 32.1. The zero-order valence-electron chi connectivity index (χ0n) is 15.8. The highest BCUT2D eigenvalue weighted by Gasteiger charge is 2.14. The topological polar surface area (TPSA) is 107 Å². The first-order valence-electron chi connectivity index (χ1n) is 8.73. The van der Waals surface area contributed by atoms with Gasteiger partial charge in [-0.15, -0.1) is 0 Å². The van der Waals surface area contributed by atoms with Crippen LogP contribution >= 0.6 is 11.3 Å². The van der Waals surface area contributed by atoms with Crippen molar-refractivity contribution in [2.45, 2.75) is 32.6 Å². The second-order valence-electron chi connectivity index (χ2n) is 6.36. The van der Waals surface area contributed by atoms with E-state index < -0.39 is 5.97 Å². The average molecular weight is 400 g/mol. The van der Waals surface area contributed by atoms with Crippen molar-refractivity contribution in [3.63, 3.8) is 0 Å². The summed E-state index contributed by atoms with van der Waals surface area (Å²) in [5, 5.41) is 6.95. The van der Waals surface area contributed by atoms with Crippen LogP contribution in [0.1, 0.15) is 47.3 Å². The maximum Gasteiger partial charge on any atom is 0.349 e. The number of hydrogen-bond acceptors (Lipinski definition) is 8. The van der Waals surface area contributed by atoms with E-state index in [2.05, 4.69) is 39.0 Å². The monoisotopic (exact) mass is 400 g/mol. The summed E-state index contributed by atoms with van der Waals surface area (Å²) in [6.45, 7) is 4.27. The molecule has 0 aliphatic carbocycles. The van der Waals surface area contributed by atoms with Crippen LogP contribution in [0.5, 0.6) is 0 Å². The molecular weight excluding hydrogens is 380 g/mol. The zero-order valence-corrected chi connectivity index (χ0v) is 16.6. The fourth-order valence-corrected chi connectivity index (χ4v) is 3.17. The van der Waals surface area contributed by atoms with Crippen LogP contribution in [0.25, 0.3) is 11.4 Å². The highest BCUT2D eigenvalue weighted by molar-refractivity contribution is 7.17. The van der Waals surface area contributed by atoms with Crippen LogP contribution < -0.4 is 5.32 Å². The number of anilines is 1. The molecule has 0 aliphatic rings. The van der Waals surface area contributed by atoms with E-state index in [4.69, 9.17) is 4.52 Å². The minimum absolute atomic E-state index is 0.154. The standard InChI is InChI=1S/C19H20N4O4S/c1-11(2)12-4-6-13(7-5-12)17-22-16(27-23-17)9-8-15(24)21-19-20-10-14(28-19)18(25)26-3/h4-7,10-11H,8-9H2,1-3H3,(H,20,21,24). The van der Waals surface area contributed by atoms with Gasteiger partial charge in [-0.2, -0.15) is 4.98 Å². The first-order chi connectivity index (χ1) is 13.5. The van der Waals surface area contributed by atoms with Crippen molar-refractivity contribution in [2.75, 3.05) is 12.4 Å². The van der Waals surface area contributed by atoms with E-state index >= 15 is 0 Å². The summed E-state index contributed by atoms with van der Waals surface area (Å²) in [5.41, 5.74) is 2.10. The number of carbonyl (C=O) groups excluding carboxylic acids is 2. The van der Waals surface area contributed by atoms with Gasteiger partial charge in [0, 0.05) is 18.4 Å². The number of esters is 1.